The molecule has 0 saturated heterocycles. The van der Waals surface area contributed by atoms with E-state index in [0.29, 0.717) is 5.56 Å². The van der Waals surface area contributed by atoms with Crippen LogP contribution in [0.5, 0.6) is 0 Å². The largest absolute Gasteiger partial charge is 0.355 e. The zero-order valence-corrected chi connectivity index (χ0v) is 13.6. The van der Waals surface area contributed by atoms with Crippen LogP contribution in [0.2, 0.25) is 0 Å². The van der Waals surface area contributed by atoms with Crippen LogP contribution in [0, 0.1) is 6.92 Å². The Morgan fingerprint density at radius 1 is 0.750 bits per heavy atom. The summed E-state index contributed by atoms with van der Waals surface area (Å²) >= 11 is 0. The molecule has 0 aliphatic heterocycles. The van der Waals surface area contributed by atoms with Crippen molar-refractivity contribution in [2.45, 2.75) is 6.92 Å². The molecule has 0 amide bonds. The number of hydrogen-bond donors (Lipinski definition) is 1. The third-order valence-corrected chi connectivity index (χ3v) is 3.75. The van der Waals surface area contributed by atoms with Crippen LogP contribution in [-0.4, -0.2) is 5.78 Å². The zero-order valence-electron chi connectivity index (χ0n) is 13.6. The van der Waals surface area contributed by atoms with Crippen molar-refractivity contribution in [3.63, 3.8) is 0 Å². The summed E-state index contributed by atoms with van der Waals surface area (Å²) < 4.78 is 0. The molecule has 2 nitrogen and oxygen atoms in total. The van der Waals surface area contributed by atoms with E-state index in [1.807, 2.05) is 84.9 Å². The molecule has 0 radical (unpaired) electrons. The summed E-state index contributed by atoms with van der Waals surface area (Å²) in [6.07, 6.45) is 1.66. The molecular formula is C22H19NO. The molecule has 0 heterocycles. The summed E-state index contributed by atoms with van der Waals surface area (Å²) in [5.41, 5.74) is 4.59. The van der Waals surface area contributed by atoms with Crippen molar-refractivity contribution in [3.05, 3.63) is 108 Å². The fraction of sp³-hybridized carbons (Fsp3) is 0.0455. The molecule has 0 spiro atoms. The quantitative estimate of drug-likeness (QED) is 0.509. The highest BCUT2D eigenvalue weighted by atomic mass is 16.1. The lowest BCUT2D eigenvalue weighted by Crippen LogP contribution is -2.03. The third kappa shape index (κ3) is 3.99. The lowest BCUT2D eigenvalue weighted by atomic mass is 10.1. The number of ketones is 1. The minimum Gasteiger partial charge on any atom is -0.355 e. The van der Waals surface area contributed by atoms with E-state index in [2.05, 4.69) is 12.2 Å². The highest BCUT2D eigenvalue weighted by molar-refractivity contribution is 6.09. The monoisotopic (exact) mass is 313 g/mol. The Balaban J connectivity index is 1.94. The van der Waals surface area contributed by atoms with Gasteiger partial charge in [-0.05, 0) is 24.6 Å². The van der Waals surface area contributed by atoms with E-state index in [0.717, 1.165) is 16.9 Å². The van der Waals surface area contributed by atoms with Gasteiger partial charge in [0.05, 0.1) is 0 Å². The van der Waals surface area contributed by atoms with Crippen molar-refractivity contribution < 1.29 is 4.79 Å². The molecule has 3 rings (SSSR count). The minimum absolute atomic E-state index is 0.0194. The first kappa shape index (κ1) is 15.8. The molecule has 3 aromatic rings. The summed E-state index contributed by atoms with van der Waals surface area (Å²) in [7, 11) is 0. The number of rotatable bonds is 5. The van der Waals surface area contributed by atoms with Gasteiger partial charge in [-0.1, -0.05) is 78.4 Å². The topological polar surface area (TPSA) is 29.1 Å². The second-order valence-electron chi connectivity index (χ2n) is 5.65. The molecule has 0 unspecified atom stereocenters. The first-order valence-electron chi connectivity index (χ1n) is 7.92. The van der Waals surface area contributed by atoms with Gasteiger partial charge in [0.1, 0.15) is 0 Å². The maximum atomic E-state index is 12.6. The number of anilines is 1. The summed E-state index contributed by atoms with van der Waals surface area (Å²) in [6, 6.07) is 27.3. The van der Waals surface area contributed by atoms with Gasteiger partial charge in [-0.3, -0.25) is 4.79 Å². The Hall–Kier alpha value is -3.13. The smallest absolute Gasteiger partial charge is 0.187 e. The van der Waals surface area contributed by atoms with Crippen molar-refractivity contribution in [3.8, 4) is 0 Å². The second-order valence-corrected chi connectivity index (χ2v) is 5.65. The number of aryl methyl sites for hydroxylation is 1. The maximum absolute atomic E-state index is 12.6. The van der Waals surface area contributed by atoms with E-state index in [1.165, 1.54) is 5.56 Å². The van der Waals surface area contributed by atoms with Gasteiger partial charge in [0.15, 0.2) is 5.78 Å². The fourth-order valence-corrected chi connectivity index (χ4v) is 2.42. The standard InChI is InChI=1S/C22H19NO/c1-17-12-14-20(15-13-17)23-21(18-8-4-2-5-9-18)16-22(24)19-10-6-3-7-11-19/h2-16,23H,1H3/b21-16+. The first-order valence-corrected chi connectivity index (χ1v) is 7.92. The zero-order chi connectivity index (χ0) is 16.8. The van der Waals surface area contributed by atoms with Crippen LogP contribution in [-0.2, 0) is 0 Å². The average Bonchev–Trinajstić information content (AvgIpc) is 2.64. The van der Waals surface area contributed by atoms with Gasteiger partial charge in [-0.2, -0.15) is 0 Å². The van der Waals surface area contributed by atoms with Gasteiger partial charge in [0.25, 0.3) is 0 Å². The Morgan fingerprint density at radius 2 is 1.29 bits per heavy atom. The fourth-order valence-electron chi connectivity index (χ4n) is 2.42. The van der Waals surface area contributed by atoms with Gasteiger partial charge in [-0.15, -0.1) is 0 Å². The van der Waals surface area contributed by atoms with Crippen molar-refractivity contribution >= 4 is 17.2 Å². The van der Waals surface area contributed by atoms with Crippen molar-refractivity contribution in [1.82, 2.24) is 0 Å². The molecule has 0 fully saturated rings. The van der Waals surface area contributed by atoms with Crippen LogP contribution in [0.25, 0.3) is 5.70 Å². The number of allylic oxidation sites excluding steroid dienone is 1. The molecule has 0 aliphatic carbocycles. The lowest BCUT2D eigenvalue weighted by Gasteiger charge is -2.12. The number of nitrogens with one attached hydrogen (secondary N) is 1. The second kappa shape index (κ2) is 7.42. The first-order chi connectivity index (χ1) is 11.7. The van der Waals surface area contributed by atoms with Crippen molar-refractivity contribution in [2.75, 3.05) is 5.32 Å². The van der Waals surface area contributed by atoms with Gasteiger partial charge >= 0.3 is 0 Å². The average molecular weight is 313 g/mol. The highest BCUT2D eigenvalue weighted by Crippen LogP contribution is 2.20. The predicted molar refractivity (Wildman–Crippen MR) is 100.0 cm³/mol. The SMILES string of the molecule is Cc1ccc(N/C(=C/C(=O)c2ccccc2)c2ccccc2)cc1. The number of hydrogen-bond acceptors (Lipinski definition) is 2. The molecule has 0 saturated carbocycles. The predicted octanol–water partition coefficient (Wildman–Crippen LogP) is 5.33. The van der Waals surface area contributed by atoms with E-state index in [4.69, 9.17) is 0 Å². The number of benzene rings is 3. The molecule has 3 aromatic carbocycles. The number of carbonyl (C=O) groups is 1. The summed E-state index contributed by atoms with van der Waals surface area (Å²) in [5, 5.41) is 3.36. The van der Waals surface area contributed by atoms with Crippen LogP contribution in [0.15, 0.2) is 91.0 Å². The van der Waals surface area contributed by atoms with Crippen molar-refractivity contribution in [1.29, 1.82) is 0 Å². The summed E-state index contributed by atoms with van der Waals surface area (Å²) in [5.74, 6) is -0.0194. The van der Waals surface area contributed by atoms with Crippen LogP contribution in [0.4, 0.5) is 5.69 Å². The van der Waals surface area contributed by atoms with E-state index in [1.54, 1.807) is 6.08 Å². The Bertz CT molecular complexity index is 834. The molecule has 2 heteroatoms. The van der Waals surface area contributed by atoms with Gasteiger partial charge in [0, 0.05) is 23.0 Å². The van der Waals surface area contributed by atoms with Crippen LogP contribution in [0.3, 0.4) is 0 Å². The van der Waals surface area contributed by atoms with Gasteiger partial charge in [-0.25, -0.2) is 0 Å². The van der Waals surface area contributed by atoms with Crippen LogP contribution >= 0.6 is 0 Å². The molecular weight excluding hydrogens is 294 g/mol. The van der Waals surface area contributed by atoms with Crippen molar-refractivity contribution in [2.24, 2.45) is 0 Å². The Morgan fingerprint density at radius 3 is 1.88 bits per heavy atom. The highest BCUT2D eigenvalue weighted by Gasteiger charge is 2.07. The third-order valence-electron chi connectivity index (χ3n) is 3.75. The summed E-state index contributed by atoms with van der Waals surface area (Å²) in [6.45, 7) is 2.05. The maximum Gasteiger partial charge on any atom is 0.187 e. The lowest BCUT2D eigenvalue weighted by molar-refractivity contribution is 0.104. The molecule has 1 N–H and O–H groups in total. The van der Waals surface area contributed by atoms with Crippen LogP contribution in [0.1, 0.15) is 21.5 Å². The normalized spacial score (nSPS) is 11.1. The molecule has 0 aliphatic rings. The molecule has 0 bridgehead atoms. The van der Waals surface area contributed by atoms with E-state index < -0.39 is 0 Å². The van der Waals surface area contributed by atoms with E-state index >= 15 is 0 Å². The number of carbonyl (C=O) groups excluding carboxylic acids is 1. The molecule has 0 atom stereocenters. The van der Waals surface area contributed by atoms with Gasteiger partial charge < -0.3 is 5.32 Å². The Kier molecular flexibility index (Phi) is 4.87. The summed E-state index contributed by atoms with van der Waals surface area (Å²) in [4.78, 5) is 12.6. The Labute approximate surface area is 142 Å². The molecule has 0 aromatic heterocycles. The minimum atomic E-state index is -0.0194. The van der Waals surface area contributed by atoms with Crippen LogP contribution < -0.4 is 5.32 Å². The molecule has 24 heavy (non-hydrogen) atoms. The van der Waals surface area contributed by atoms with Gasteiger partial charge in [0.2, 0.25) is 0 Å². The molecule has 118 valence electrons. The van der Waals surface area contributed by atoms with E-state index in [9.17, 15) is 4.79 Å². The van der Waals surface area contributed by atoms with E-state index in [-0.39, 0.29) is 5.78 Å².